The van der Waals surface area contributed by atoms with E-state index in [4.69, 9.17) is 9.47 Å². The summed E-state index contributed by atoms with van der Waals surface area (Å²) in [5.41, 5.74) is 3.08. The molecule has 4 rings (SSSR count). The zero-order valence-corrected chi connectivity index (χ0v) is 17.7. The Balaban J connectivity index is 1.64. The summed E-state index contributed by atoms with van der Waals surface area (Å²) in [5, 5.41) is 4.52. The minimum Gasteiger partial charge on any atom is -0.444 e. The molecular weight excluding hydrogens is 394 g/mol. The number of hydrogen-bond donors (Lipinski definition) is 0. The molecule has 31 heavy (non-hydrogen) atoms. The van der Waals surface area contributed by atoms with Crippen LogP contribution in [0.25, 0.3) is 5.69 Å². The van der Waals surface area contributed by atoms with E-state index in [0.29, 0.717) is 48.8 Å². The molecule has 1 amide bonds. The Bertz CT molecular complexity index is 1060. The number of benzene rings is 2. The second-order valence-electron chi connectivity index (χ2n) is 7.43. The average Bonchev–Trinajstić information content (AvgIpc) is 3.12. The molecule has 0 bridgehead atoms. The van der Waals surface area contributed by atoms with Gasteiger partial charge in [0.05, 0.1) is 30.3 Å². The number of para-hydroxylation sites is 1. The molecule has 0 aliphatic carbocycles. The first kappa shape index (κ1) is 20.8. The van der Waals surface area contributed by atoms with Crippen molar-refractivity contribution >= 4 is 11.9 Å². The summed E-state index contributed by atoms with van der Waals surface area (Å²) in [6.07, 6.45) is -1.02. The first-order valence-corrected chi connectivity index (χ1v) is 10.3. The van der Waals surface area contributed by atoms with Crippen molar-refractivity contribution in [3.8, 4) is 5.69 Å². The summed E-state index contributed by atoms with van der Waals surface area (Å²) in [6, 6.07) is 18.7. The van der Waals surface area contributed by atoms with Crippen LogP contribution < -0.4 is 0 Å². The molecule has 0 unspecified atom stereocenters. The van der Waals surface area contributed by atoms with Gasteiger partial charge < -0.3 is 14.4 Å². The molecule has 0 spiro atoms. The Morgan fingerprint density at radius 1 is 0.968 bits per heavy atom. The minimum atomic E-state index is -1.02. The Morgan fingerprint density at radius 2 is 1.58 bits per heavy atom. The molecule has 2 heterocycles. The topological polar surface area (TPSA) is 73.7 Å². The van der Waals surface area contributed by atoms with Crippen LogP contribution in [0.1, 0.15) is 33.4 Å². The molecule has 1 aliphatic heterocycles. The Morgan fingerprint density at radius 3 is 2.23 bits per heavy atom. The Hall–Kier alpha value is -3.45. The van der Waals surface area contributed by atoms with E-state index in [-0.39, 0.29) is 5.91 Å². The number of ether oxygens (including phenoxy) is 2. The lowest BCUT2D eigenvalue weighted by Gasteiger charge is -2.30. The highest BCUT2D eigenvalue weighted by molar-refractivity contribution is 5.94. The first-order chi connectivity index (χ1) is 15.1. The number of aryl methyl sites for hydroxylation is 1. The summed E-state index contributed by atoms with van der Waals surface area (Å²) < 4.78 is 12.9. The number of morpholine rings is 1. The van der Waals surface area contributed by atoms with Gasteiger partial charge in [-0.3, -0.25) is 4.79 Å². The molecule has 0 saturated carbocycles. The maximum atomic E-state index is 13.2. The fraction of sp³-hybridized carbons (Fsp3) is 0.292. The van der Waals surface area contributed by atoms with E-state index in [2.05, 4.69) is 5.10 Å². The van der Waals surface area contributed by atoms with Gasteiger partial charge in [0, 0.05) is 18.7 Å². The molecular formula is C24H25N3O4. The number of rotatable bonds is 5. The van der Waals surface area contributed by atoms with Crippen molar-refractivity contribution in [2.45, 2.75) is 20.0 Å². The first-order valence-electron chi connectivity index (χ1n) is 10.3. The zero-order chi connectivity index (χ0) is 21.8. The monoisotopic (exact) mass is 419 g/mol. The number of nitrogens with zero attached hydrogens (tertiary/aromatic N) is 3. The summed E-state index contributed by atoms with van der Waals surface area (Å²) in [5.74, 6) is -0.804. The summed E-state index contributed by atoms with van der Waals surface area (Å²) >= 11 is 0. The molecule has 0 radical (unpaired) electrons. The van der Waals surface area contributed by atoms with Crippen LogP contribution in [-0.2, 0) is 14.3 Å². The molecule has 1 atom stereocenters. The van der Waals surface area contributed by atoms with Crippen molar-refractivity contribution in [3.63, 3.8) is 0 Å². The van der Waals surface area contributed by atoms with Crippen LogP contribution in [-0.4, -0.2) is 52.9 Å². The summed E-state index contributed by atoms with van der Waals surface area (Å²) in [4.78, 5) is 28.1. The van der Waals surface area contributed by atoms with Gasteiger partial charge in [-0.2, -0.15) is 5.10 Å². The highest BCUT2D eigenvalue weighted by atomic mass is 16.5. The lowest BCUT2D eigenvalue weighted by atomic mass is 10.1. The molecule has 0 N–H and O–H groups in total. The maximum absolute atomic E-state index is 13.2. The van der Waals surface area contributed by atoms with Crippen LogP contribution in [0.4, 0.5) is 0 Å². The number of carbonyl (C=O) groups excluding carboxylic acids is 2. The van der Waals surface area contributed by atoms with Gasteiger partial charge in [0.25, 0.3) is 5.91 Å². The third kappa shape index (κ3) is 4.36. The van der Waals surface area contributed by atoms with E-state index in [1.807, 2.05) is 55.5 Å². The van der Waals surface area contributed by atoms with E-state index in [1.54, 1.807) is 28.6 Å². The number of amides is 1. The van der Waals surface area contributed by atoms with Crippen molar-refractivity contribution in [3.05, 3.63) is 83.2 Å². The molecule has 1 fully saturated rings. The van der Waals surface area contributed by atoms with Crippen molar-refractivity contribution < 1.29 is 19.1 Å². The second-order valence-corrected chi connectivity index (χ2v) is 7.43. The van der Waals surface area contributed by atoms with Crippen LogP contribution in [0.2, 0.25) is 0 Å². The molecule has 2 aromatic carbocycles. The lowest BCUT2D eigenvalue weighted by Crippen LogP contribution is -2.44. The van der Waals surface area contributed by atoms with Crippen LogP contribution in [0.15, 0.2) is 60.7 Å². The van der Waals surface area contributed by atoms with Crippen LogP contribution in [0, 0.1) is 13.8 Å². The van der Waals surface area contributed by atoms with Gasteiger partial charge in [-0.25, -0.2) is 9.48 Å². The standard InChI is InChI=1S/C24H25N3O4/c1-17-21(18(2)27(25-17)20-11-7-4-8-12-20)24(29)31-22(19-9-5-3-6-10-19)23(28)26-13-15-30-16-14-26/h3-12,22H,13-16H2,1-2H3/t22-/m0/s1. The second kappa shape index (κ2) is 9.14. The van der Waals surface area contributed by atoms with E-state index in [9.17, 15) is 9.59 Å². The number of esters is 1. The predicted octanol–water partition coefficient (Wildman–Crippen LogP) is 3.25. The smallest absolute Gasteiger partial charge is 0.343 e. The molecule has 3 aromatic rings. The van der Waals surface area contributed by atoms with Gasteiger partial charge in [-0.05, 0) is 26.0 Å². The van der Waals surface area contributed by atoms with Gasteiger partial charge >= 0.3 is 5.97 Å². The number of carbonyl (C=O) groups is 2. The van der Waals surface area contributed by atoms with Gasteiger partial charge in [0.15, 0.2) is 0 Å². The molecule has 7 heteroatoms. The van der Waals surface area contributed by atoms with Gasteiger partial charge in [-0.1, -0.05) is 48.5 Å². The van der Waals surface area contributed by atoms with Gasteiger partial charge in [-0.15, -0.1) is 0 Å². The van der Waals surface area contributed by atoms with Crippen molar-refractivity contribution in [2.24, 2.45) is 0 Å². The van der Waals surface area contributed by atoms with Crippen LogP contribution >= 0.6 is 0 Å². The lowest BCUT2D eigenvalue weighted by molar-refractivity contribution is -0.145. The van der Waals surface area contributed by atoms with Gasteiger partial charge in [0.2, 0.25) is 6.10 Å². The number of hydrogen-bond acceptors (Lipinski definition) is 5. The minimum absolute atomic E-state index is 0.242. The molecule has 160 valence electrons. The quantitative estimate of drug-likeness (QED) is 0.594. The summed E-state index contributed by atoms with van der Waals surface area (Å²) in [7, 11) is 0. The fourth-order valence-electron chi connectivity index (χ4n) is 3.76. The molecule has 1 aliphatic rings. The average molecular weight is 419 g/mol. The highest BCUT2D eigenvalue weighted by Crippen LogP contribution is 2.25. The SMILES string of the molecule is Cc1nn(-c2ccccc2)c(C)c1C(=O)O[C@H](C(=O)N1CCOCC1)c1ccccc1. The van der Waals surface area contributed by atoms with Crippen LogP contribution in [0.5, 0.6) is 0 Å². The van der Waals surface area contributed by atoms with Crippen molar-refractivity contribution in [1.82, 2.24) is 14.7 Å². The van der Waals surface area contributed by atoms with E-state index >= 15 is 0 Å². The van der Waals surface area contributed by atoms with E-state index < -0.39 is 12.1 Å². The third-order valence-electron chi connectivity index (χ3n) is 5.37. The van der Waals surface area contributed by atoms with E-state index in [0.717, 1.165) is 5.69 Å². The molecule has 7 nitrogen and oxygen atoms in total. The molecule has 1 aromatic heterocycles. The summed E-state index contributed by atoms with van der Waals surface area (Å²) in [6.45, 7) is 5.50. The largest absolute Gasteiger partial charge is 0.444 e. The number of aromatic nitrogens is 2. The van der Waals surface area contributed by atoms with Crippen LogP contribution in [0.3, 0.4) is 0 Å². The Labute approximate surface area is 181 Å². The van der Waals surface area contributed by atoms with Crippen molar-refractivity contribution in [2.75, 3.05) is 26.3 Å². The normalized spacial score (nSPS) is 14.8. The predicted molar refractivity (Wildman–Crippen MR) is 115 cm³/mol. The highest BCUT2D eigenvalue weighted by Gasteiger charge is 2.32. The Kier molecular flexibility index (Phi) is 6.13. The maximum Gasteiger partial charge on any atom is 0.343 e. The zero-order valence-electron chi connectivity index (χ0n) is 17.7. The van der Waals surface area contributed by atoms with Crippen molar-refractivity contribution in [1.29, 1.82) is 0 Å². The molecule has 1 saturated heterocycles. The third-order valence-corrected chi connectivity index (χ3v) is 5.37. The van der Waals surface area contributed by atoms with Gasteiger partial charge in [0.1, 0.15) is 5.56 Å². The van der Waals surface area contributed by atoms with E-state index in [1.165, 1.54) is 0 Å². The fourth-order valence-corrected chi connectivity index (χ4v) is 3.76.